The van der Waals surface area contributed by atoms with Gasteiger partial charge in [0, 0.05) is 12.0 Å². The first-order valence-electron chi connectivity index (χ1n) is 9.14. The average molecular weight is 407 g/mol. The van der Waals surface area contributed by atoms with E-state index in [9.17, 15) is 17.6 Å². The highest BCUT2D eigenvalue weighted by molar-refractivity contribution is 7.89. The largest absolute Gasteiger partial charge is 0.350 e. The quantitative estimate of drug-likeness (QED) is 0.736. The third-order valence-electron chi connectivity index (χ3n) is 4.06. The van der Waals surface area contributed by atoms with Gasteiger partial charge in [0.2, 0.25) is 15.9 Å². The number of carbonyl (C=O) groups excluding carboxylic acids is 1. The minimum Gasteiger partial charge on any atom is -0.350 e. The predicted octanol–water partition coefficient (Wildman–Crippen LogP) is 3.71. The Morgan fingerprint density at radius 2 is 1.61 bits per heavy atom. The summed E-state index contributed by atoms with van der Waals surface area (Å²) in [6.07, 6.45) is 0.771. The summed E-state index contributed by atoms with van der Waals surface area (Å²) in [7, 11) is -3.57. The molecule has 0 aliphatic carbocycles. The van der Waals surface area contributed by atoms with Crippen LogP contribution in [0, 0.1) is 5.82 Å². The maximum absolute atomic E-state index is 13.0. The number of carbonyl (C=O) groups is 1. The van der Waals surface area contributed by atoms with Gasteiger partial charge in [0.1, 0.15) is 5.82 Å². The number of rotatable bonds is 7. The zero-order valence-corrected chi connectivity index (χ0v) is 17.4. The average Bonchev–Trinajstić information content (AvgIpc) is 2.59. The van der Waals surface area contributed by atoms with Crippen molar-refractivity contribution in [3.8, 4) is 0 Å². The summed E-state index contributed by atoms with van der Waals surface area (Å²) < 4.78 is 40.2. The van der Waals surface area contributed by atoms with Crippen LogP contribution >= 0.6 is 0 Å². The summed E-state index contributed by atoms with van der Waals surface area (Å²) in [5, 5.41) is 2.88. The molecule has 0 fully saturated rings. The fraction of sp³-hybridized carbons (Fsp3) is 0.381. The van der Waals surface area contributed by atoms with E-state index in [1.54, 1.807) is 57.2 Å². The van der Waals surface area contributed by atoms with E-state index in [-0.39, 0.29) is 29.1 Å². The molecule has 2 aromatic rings. The van der Waals surface area contributed by atoms with Crippen molar-refractivity contribution in [2.75, 3.05) is 0 Å². The van der Waals surface area contributed by atoms with E-state index in [1.165, 1.54) is 12.1 Å². The fourth-order valence-corrected chi connectivity index (χ4v) is 4.12. The van der Waals surface area contributed by atoms with Gasteiger partial charge < -0.3 is 5.32 Å². The Kier molecular flexibility index (Phi) is 6.96. The van der Waals surface area contributed by atoms with Crippen LogP contribution in [0.25, 0.3) is 0 Å². The molecule has 2 rings (SSSR count). The Labute approximate surface area is 166 Å². The lowest BCUT2D eigenvalue weighted by atomic mass is 10.1. The van der Waals surface area contributed by atoms with Crippen LogP contribution in [0.4, 0.5) is 4.39 Å². The molecule has 1 atom stereocenters. The van der Waals surface area contributed by atoms with Crippen LogP contribution < -0.4 is 10.0 Å². The highest BCUT2D eigenvalue weighted by Gasteiger charge is 2.21. The van der Waals surface area contributed by atoms with Gasteiger partial charge in [-0.3, -0.25) is 4.79 Å². The Hall–Kier alpha value is -2.25. The first kappa shape index (κ1) is 22.0. The maximum Gasteiger partial charge on any atom is 0.241 e. The van der Waals surface area contributed by atoms with Crippen molar-refractivity contribution in [1.29, 1.82) is 0 Å². The van der Waals surface area contributed by atoms with Gasteiger partial charge in [-0.15, -0.1) is 0 Å². The molecule has 1 amide bonds. The lowest BCUT2D eigenvalue weighted by molar-refractivity contribution is -0.121. The van der Waals surface area contributed by atoms with Crippen molar-refractivity contribution in [2.45, 2.75) is 57.0 Å². The lowest BCUT2D eigenvalue weighted by Crippen LogP contribution is -2.40. The standard InChI is InChI=1S/C21H27FN2O3S/c1-15(17-8-10-18(22)11-9-17)23-20(25)14-7-16-5-12-19(13-6-16)28(26,27)24-21(2,3)4/h5-6,8-13,15,24H,7,14H2,1-4H3,(H,23,25)/t15-/m1/s1. The van der Waals surface area contributed by atoms with Crippen LogP contribution in [0.5, 0.6) is 0 Å². The lowest BCUT2D eigenvalue weighted by Gasteiger charge is -2.20. The molecule has 0 aliphatic heterocycles. The van der Waals surface area contributed by atoms with Gasteiger partial charge in [-0.2, -0.15) is 0 Å². The monoisotopic (exact) mass is 406 g/mol. The van der Waals surface area contributed by atoms with Crippen LogP contribution in [0.1, 0.15) is 51.3 Å². The minimum absolute atomic E-state index is 0.122. The third-order valence-corrected chi connectivity index (χ3v) is 5.84. The number of benzene rings is 2. The molecule has 0 unspecified atom stereocenters. The summed E-state index contributed by atoms with van der Waals surface area (Å²) in [6.45, 7) is 7.19. The van der Waals surface area contributed by atoms with Gasteiger partial charge in [-0.25, -0.2) is 17.5 Å². The van der Waals surface area contributed by atoms with E-state index in [0.29, 0.717) is 6.42 Å². The first-order valence-corrected chi connectivity index (χ1v) is 10.6. The number of nitrogens with one attached hydrogen (secondary N) is 2. The normalized spacial score (nSPS) is 13.2. The summed E-state index contributed by atoms with van der Waals surface area (Å²) in [4.78, 5) is 12.4. The van der Waals surface area contributed by atoms with E-state index in [2.05, 4.69) is 10.0 Å². The van der Waals surface area contributed by atoms with Gasteiger partial charge in [0.25, 0.3) is 0 Å². The molecule has 2 N–H and O–H groups in total. The summed E-state index contributed by atoms with van der Waals surface area (Å²) in [6, 6.07) is 12.3. The fourth-order valence-electron chi connectivity index (χ4n) is 2.70. The van der Waals surface area contributed by atoms with E-state index in [1.807, 2.05) is 6.92 Å². The number of halogens is 1. The zero-order chi connectivity index (χ0) is 20.9. The van der Waals surface area contributed by atoms with Crippen LogP contribution in [0.15, 0.2) is 53.4 Å². The minimum atomic E-state index is -3.57. The van der Waals surface area contributed by atoms with Gasteiger partial charge in [0.15, 0.2) is 0 Å². The molecule has 0 aliphatic rings. The van der Waals surface area contributed by atoms with Crippen LogP contribution in [-0.2, 0) is 21.2 Å². The van der Waals surface area contributed by atoms with Crippen molar-refractivity contribution in [3.63, 3.8) is 0 Å². The second kappa shape index (κ2) is 8.84. The second-order valence-corrected chi connectivity index (χ2v) is 9.52. The van der Waals surface area contributed by atoms with Gasteiger partial charge in [-0.05, 0) is 69.5 Å². The van der Waals surface area contributed by atoms with Crippen LogP contribution in [0.2, 0.25) is 0 Å². The highest BCUT2D eigenvalue weighted by Crippen LogP contribution is 2.16. The van der Waals surface area contributed by atoms with Gasteiger partial charge >= 0.3 is 0 Å². The Balaban J connectivity index is 1.90. The Bertz CT molecular complexity index is 902. The number of hydrogen-bond donors (Lipinski definition) is 2. The van der Waals surface area contributed by atoms with E-state index < -0.39 is 15.6 Å². The predicted molar refractivity (Wildman–Crippen MR) is 108 cm³/mol. The molecule has 152 valence electrons. The van der Waals surface area contributed by atoms with Crippen molar-refractivity contribution < 1.29 is 17.6 Å². The highest BCUT2D eigenvalue weighted by atomic mass is 32.2. The van der Waals surface area contributed by atoms with Gasteiger partial charge in [0.05, 0.1) is 10.9 Å². The molecule has 0 aromatic heterocycles. The second-order valence-electron chi connectivity index (χ2n) is 7.84. The van der Waals surface area contributed by atoms with Crippen molar-refractivity contribution in [3.05, 3.63) is 65.5 Å². The van der Waals surface area contributed by atoms with E-state index in [4.69, 9.17) is 0 Å². The molecule has 0 bridgehead atoms. The van der Waals surface area contributed by atoms with E-state index in [0.717, 1.165) is 11.1 Å². The molecule has 0 heterocycles. The maximum atomic E-state index is 13.0. The number of aryl methyl sites for hydroxylation is 1. The molecule has 2 aromatic carbocycles. The van der Waals surface area contributed by atoms with E-state index >= 15 is 0 Å². The van der Waals surface area contributed by atoms with Crippen molar-refractivity contribution in [1.82, 2.24) is 10.0 Å². The summed E-state index contributed by atoms with van der Waals surface area (Å²) >= 11 is 0. The van der Waals surface area contributed by atoms with Crippen LogP contribution in [0.3, 0.4) is 0 Å². The van der Waals surface area contributed by atoms with Crippen LogP contribution in [-0.4, -0.2) is 19.9 Å². The van der Waals surface area contributed by atoms with Gasteiger partial charge in [-0.1, -0.05) is 24.3 Å². The molecule has 0 spiro atoms. The molecule has 7 heteroatoms. The number of amides is 1. The van der Waals surface area contributed by atoms with Crippen molar-refractivity contribution >= 4 is 15.9 Å². The smallest absolute Gasteiger partial charge is 0.241 e. The summed E-state index contributed by atoms with van der Waals surface area (Å²) in [5.74, 6) is -0.437. The molecular formula is C21H27FN2O3S. The SMILES string of the molecule is C[C@@H](NC(=O)CCc1ccc(S(=O)(=O)NC(C)(C)C)cc1)c1ccc(F)cc1. The molecule has 0 radical (unpaired) electrons. The van der Waals surface area contributed by atoms with Crippen molar-refractivity contribution in [2.24, 2.45) is 0 Å². The number of sulfonamides is 1. The zero-order valence-electron chi connectivity index (χ0n) is 16.6. The Morgan fingerprint density at radius 1 is 1.04 bits per heavy atom. The number of hydrogen-bond acceptors (Lipinski definition) is 3. The topological polar surface area (TPSA) is 75.3 Å². The summed E-state index contributed by atoms with van der Waals surface area (Å²) in [5.41, 5.74) is 1.14. The first-order chi connectivity index (χ1) is 13.0. The molecule has 5 nitrogen and oxygen atoms in total. The molecular weight excluding hydrogens is 379 g/mol. The molecule has 0 saturated carbocycles. The third kappa shape index (κ3) is 6.73. The molecule has 28 heavy (non-hydrogen) atoms. The molecule has 0 saturated heterocycles. The Morgan fingerprint density at radius 3 is 2.14 bits per heavy atom.